The van der Waals surface area contributed by atoms with Gasteiger partial charge in [0.15, 0.2) is 11.6 Å². The van der Waals surface area contributed by atoms with Gasteiger partial charge in [0.2, 0.25) is 5.91 Å². The number of nitrogens with two attached hydrogens (primary N) is 2. The van der Waals surface area contributed by atoms with Crippen molar-refractivity contribution in [3.63, 3.8) is 0 Å². The third-order valence-electron chi connectivity index (χ3n) is 10.9. The molecule has 2 unspecified atom stereocenters. The zero-order valence-electron chi connectivity index (χ0n) is 25.8. The van der Waals surface area contributed by atoms with Crippen LogP contribution in [0.2, 0.25) is 0 Å². The van der Waals surface area contributed by atoms with Gasteiger partial charge in [-0.25, -0.2) is 0 Å². The van der Waals surface area contributed by atoms with E-state index in [2.05, 4.69) is 33.1 Å². The van der Waals surface area contributed by atoms with E-state index in [0.717, 1.165) is 28.7 Å². The molecule has 6 atom stereocenters. The summed E-state index contributed by atoms with van der Waals surface area (Å²) in [5.41, 5.74) is 13.0. The van der Waals surface area contributed by atoms with Gasteiger partial charge >= 0.3 is 0 Å². The number of primary amides is 1. The second kappa shape index (κ2) is 10.6. The monoisotopic (exact) mass is 572 g/mol. The topological polar surface area (TPSA) is 144 Å². The summed E-state index contributed by atoms with van der Waals surface area (Å²) in [4.78, 5) is 39.1. The van der Waals surface area contributed by atoms with Crippen LogP contribution in [-0.4, -0.2) is 40.8 Å². The SMILES string of the molecule is C=C1C(C(N)=O)=C(C)[C@@H](CC)[C@]2(C)C[C@]3(C)Cc4c(-c5cccc(C(C)=O)c5)ccc(O)c4C(=O)C3C(O)[C@]12C.CN. The Kier molecular flexibility index (Phi) is 7.94. The van der Waals surface area contributed by atoms with Gasteiger partial charge in [-0.3, -0.25) is 14.4 Å². The van der Waals surface area contributed by atoms with Gasteiger partial charge in [0.05, 0.1) is 17.6 Å². The van der Waals surface area contributed by atoms with Gasteiger partial charge in [0.25, 0.3) is 0 Å². The molecule has 0 aliphatic heterocycles. The fraction of sp³-hybridized carbons (Fsp3) is 0.457. The molecule has 0 spiro atoms. The lowest BCUT2D eigenvalue weighted by Gasteiger charge is -2.67. The molecule has 0 radical (unpaired) electrons. The zero-order chi connectivity index (χ0) is 31.5. The summed E-state index contributed by atoms with van der Waals surface area (Å²) in [7, 11) is 1.50. The Balaban J connectivity index is 0.00000198. The number of aliphatic hydroxyl groups excluding tert-OH is 1. The van der Waals surface area contributed by atoms with Crippen molar-refractivity contribution >= 4 is 17.5 Å². The summed E-state index contributed by atoms with van der Waals surface area (Å²) in [6.07, 6.45) is 0.658. The number of phenolic OH excluding ortho intramolecular Hbond substituents is 1. The van der Waals surface area contributed by atoms with Crippen LogP contribution < -0.4 is 11.5 Å². The maximum atomic E-state index is 14.4. The molecule has 1 fully saturated rings. The minimum Gasteiger partial charge on any atom is -0.507 e. The molecule has 2 aromatic rings. The van der Waals surface area contributed by atoms with Crippen molar-refractivity contribution in [2.75, 3.05) is 7.05 Å². The number of hydrogen-bond donors (Lipinski definition) is 4. The molecular formula is C35H44N2O5. The Morgan fingerprint density at radius 3 is 2.33 bits per heavy atom. The second-order valence-corrected chi connectivity index (χ2v) is 12.9. The van der Waals surface area contributed by atoms with Gasteiger partial charge < -0.3 is 21.7 Å². The number of carbonyl (C=O) groups is 3. The van der Waals surface area contributed by atoms with E-state index in [9.17, 15) is 24.6 Å². The van der Waals surface area contributed by atoms with Crippen LogP contribution in [0.1, 0.15) is 80.7 Å². The quantitative estimate of drug-likeness (QED) is 0.363. The minimum atomic E-state index is -1.15. The standard InChI is InChI=1S/C34H39NO5.CH5N/c1-8-24-17(2)26(31(35)40)18(3)34(7)30(39)28-29(38)27-23(15-32(28,5)16-33(24,34)6)22(12-13-25(27)37)21-11-9-10-20(14-21)19(4)36;1-2/h9-14,24,28,30,37,39H,3,8,15-16H2,1-2,4-7H3,(H2,35,40);2H2,1H3/t24-,28?,30?,32+,33+,34+;/m1./s1. The first-order valence-corrected chi connectivity index (χ1v) is 14.6. The summed E-state index contributed by atoms with van der Waals surface area (Å²) in [6, 6.07) is 10.6. The Morgan fingerprint density at radius 2 is 1.76 bits per heavy atom. The summed E-state index contributed by atoms with van der Waals surface area (Å²) < 4.78 is 0. The molecule has 0 saturated heterocycles. The number of allylic oxidation sites excluding steroid dienone is 1. The van der Waals surface area contributed by atoms with Crippen molar-refractivity contribution in [3.05, 3.63) is 76.4 Å². The highest BCUT2D eigenvalue weighted by Crippen LogP contribution is 2.70. The van der Waals surface area contributed by atoms with Gasteiger partial charge in [-0.2, -0.15) is 0 Å². The second-order valence-electron chi connectivity index (χ2n) is 12.9. The van der Waals surface area contributed by atoms with E-state index in [-0.39, 0.29) is 28.8 Å². The Hall–Kier alpha value is -3.55. The fourth-order valence-electron chi connectivity index (χ4n) is 8.90. The Morgan fingerprint density at radius 1 is 1.12 bits per heavy atom. The number of ketones is 2. The highest BCUT2D eigenvalue weighted by molar-refractivity contribution is 6.06. The maximum absolute atomic E-state index is 14.4. The van der Waals surface area contributed by atoms with Gasteiger partial charge in [-0.1, -0.05) is 64.1 Å². The highest BCUT2D eigenvalue weighted by atomic mass is 16.3. The number of aliphatic hydroxyl groups is 1. The molecule has 6 N–H and O–H groups in total. The average Bonchev–Trinajstić information content (AvgIpc) is 2.92. The molecule has 3 aliphatic rings. The maximum Gasteiger partial charge on any atom is 0.248 e. The molecule has 7 heteroatoms. The fourth-order valence-corrected chi connectivity index (χ4v) is 8.90. The smallest absolute Gasteiger partial charge is 0.248 e. The zero-order valence-corrected chi connectivity index (χ0v) is 25.8. The van der Waals surface area contributed by atoms with Crippen LogP contribution in [0.4, 0.5) is 0 Å². The van der Waals surface area contributed by atoms with E-state index < -0.39 is 34.2 Å². The van der Waals surface area contributed by atoms with E-state index >= 15 is 0 Å². The first-order chi connectivity index (χ1) is 19.6. The molecule has 2 aromatic carbocycles. The molecule has 1 amide bonds. The van der Waals surface area contributed by atoms with Crippen LogP contribution in [0.15, 0.2) is 59.7 Å². The van der Waals surface area contributed by atoms with Crippen molar-refractivity contribution in [1.82, 2.24) is 0 Å². The average molecular weight is 573 g/mol. The molecule has 5 rings (SSSR count). The number of hydrogen-bond acceptors (Lipinski definition) is 6. The number of rotatable bonds is 4. The largest absolute Gasteiger partial charge is 0.507 e. The summed E-state index contributed by atoms with van der Waals surface area (Å²) in [5.74, 6) is -1.92. The van der Waals surface area contributed by atoms with Crippen molar-refractivity contribution in [3.8, 4) is 16.9 Å². The predicted molar refractivity (Wildman–Crippen MR) is 165 cm³/mol. The minimum absolute atomic E-state index is 0.0506. The summed E-state index contributed by atoms with van der Waals surface area (Å²) >= 11 is 0. The van der Waals surface area contributed by atoms with Crippen LogP contribution in [-0.2, 0) is 11.2 Å². The van der Waals surface area contributed by atoms with Gasteiger partial charge in [-0.05, 0) is 91.3 Å². The first kappa shape index (κ1) is 31.4. The molecular weight excluding hydrogens is 528 g/mol. The number of carbonyl (C=O) groups excluding carboxylic acids is 3. The third kappa shape index (κ3) is 4.12. The molecule has 1 saturated carbocycles. The third-order valence-corrected chi connectivity index (χ3v) is 10.9. The number of amides is 1. The van der Waals surface area contributed by atoms with Crippen LogP contribution in [0.25, 0.3) is 11.1 Å². The van der Waals surface area contributed by atoms with Crippen molar-refractivity contribution in [2.24, 2.45) is 39.5 Å². The normalized spacial score (nSPS) is 31.8. The van der Waals surface area contributed by atoms with Crippen LogP contribution in [0.3, 0.4) is 0 Å². The number of phenols is 1. The van der Waals surface area contributed by atoms with E-state index in [1.807, 2.05) is 32.0 Å². The number of benzene rings is 2. The Labute approximate surface area is 248 Å². The lowest BCUT2D eigenvalue weighted by atomic mass is 9.37. The number of Topliss-reactive ketones (excluding diaryl/α,β-unsaturated/α-hetero) is 2. The first-order valence-electron chi connectivity index (χ1n) is 14.6. The lowest BCUT2D eigenvalue weighted by Crippen LogP contribution is -2.67. The van der Waals surface area contributed by atoms with Gasteiger partial charge in [0.1, 0.15) is 5.75 Å². The molecule has 0 bridgehead atoms. The number of fused-ring (bicyclic) bond motifs is 3. The summed E-state index contributed by atoms with van der Waals surface area (Å²) in [6.45, 7) is 16.0. The van der Waals surface area contributed by atoms with Crippen LogP contribution in [0.5, 0.6) is 5.75 Å². The van der Waals surface area contributed by atoms with E-state index in [4.69, 9.17) is 5.73 Å². The lowest BCUT2D eigenvalue weighted by molar-refractivity contribution is -0.167. The summed E-state index contributed by atoms with van der Waals surface area (Å²) in [5, 5.41) is 23.2. The highest BCUT2D eigenvalue weighted by Gasteiger charge is 2.69. The van der Waals surface area contributed by atoms with E-state index in [1.54, 1.807) is 12.1 Å². The molecule has 7 nitrogen and oxygen atoms in total. The molecule has 0 aromatic heterocycles. The van der Waals surface area contributed by atoms with Gasteiger partial charge in [0, 0.05) is 16.6 Å². The van der Waals surface area contributed by atoms with Crippen LogP contribution in [0, 0.1) is 28.1 Å². The van der Waals surface area contributed by atoms with E-state index in [0.29, 0.717) is 29.6 Å². The molecule has 3 aliphatic carbocycles. The van der Waals surface area contributed by atoms with Crippen molar-refractivity contribution in [2.45, 2.75) is 66.9 Å². The predicted octanol–water partition coefficient (Wildman–Crippen LogP) is 5.37. The van der Waals surface area contributed by atoms with Crippen LogP contribution >= 0.6 is 0 Å². The van der Waals surface area contributed by atoms with Crippen molar-refractivity contribution in [1.29, 1.82) is 0 Å². The molecule has 42 heavy (non-hydrogen) atoms. The van der Waals surface area contributed by atoms with E-state index in [1.165, 1.54) is 20.0 Å². The molecule has 0 heterocycles. The van der Waals surface area contributed by atoms with Crippen molar-refractivity contribution < 1.29 is 24.6 Å². The van der Waals surface area contributed by atoms with Gasteiger partial charge in [-0.15, -0.1) is 0 Å². The molecule has 224 valence electrons. The number of aromatic hydroxyl groups is 1. The Bertz CT molecular complexity index is 1540.